The van der Waals surface area contributed by atoms with E-state index < -0.39 is 6.10 Å². The van der Waals surface area contributed by atoms with Gasteiger partial charge in [0.2, 0.25) is 0 Å². The first-order valence-electron chi connectivity index (χ1n) is 8.34. The van der Waals surface area contributed by atoms with Crippen LogP contribution in [-0.2, 0) is 0 Å². The fraction of sp³-hybridized carbons (Fsp3) is 0.684. The van der Waals surface area contributed by atoms with Gasteiger partial charge >= 0.3 is 0 Å². The molecule has 2 nitrogen and oxygen atoms in total. The molecule has 0 amide bonds. The Balaban J connectivity index is 2.21. The highest BCUT2D eigenvalue weighted by Gasteiger charge is 2.41. The summed E-state index contributed by atoms with van der Waals surface area (Å²) < 4.78 is 0. The highest BCUT2D eigenvalue weighted by molar-refractivity contribution is 5.31. The van der Waals surface area contributed by atoms with Crippen molar-refractivity contribution in [3.8, 4) is 0 Å². The highest BCUT2D eigenvalue weighted by Crippen LogP contribution is 2.48. The molecule has 1 saturated carbocycles. The summed E-state index contributed by atoms with van der Waals surface area (Å²) in [5.74, 6) is 1.52. The minimum Gasteiger partial charge on any atom is -0.388 e. The van der Waals surface area contributed by atoms with Gasteiger partial charge in [-0.2, -0.15) is 0 Å². The van der Waals surface area contributed by atoms with Gasteiger partial charge in [-0.15, -0.1) is 0 Å². The lowest BCUT2D eigenvalue weighted by Gasteiger charge is -2.44. The SMILES string of the molecule is Cc1cc(C)cc(C(O)C2(CN)CCC(C(C)C)CC2)c1. The van der Waals surface area contributed by atoms with Crippen molar-refractivity contribution in [1.82, 2.24) is 0 Å². The summed E-state index contributed by atoms with van der Waals surface area (Å²) in [4.78, 5) is 0. The Morgan fingerprint density at radius 1 is 1.14 bits per heavy atom. The van der Waals surface area contributed by atoms with Crippen molar-refractivity contribution in [1.29, 1.82) is 0 Å². The number of nitrogens with two attached hydrogens (primary N) is 1. The fourth-order valence-electron chi connectivity index (χ4n) is 3.99. The van der Waals surface area contributed by atoms with E-state index in [0.29, 0.717) is 6.54 Å². The lowest BCUT2D eigenvalue weighted by molar-refractivity contribution is -0.0149. The summed E-state index contributed by atoms with van der Waals surface area (Å²) >= 11 is 0. The van der Waals surface area contributed by atoms with Crippen molar-refractivity contribution < 1.29 is 5.11 Å². The molecule has 1 aliphatic rings. The van der Waals surface area contributed by atoms with Gasteiger partial charge in [0.25, 0.3) is 0 Å². The first-order valence-corrected chi connectivity index (χ1v) is 8.34. The van der Waals surface area contributed by atoms with E-state index in [-0.39, 0.29) is 5.41 Å². The minimum absolute atomic E-state index is 0.133. The largest absolute Gasteiger partial charge is 0.388 e. The molecular weight excluding hydrogens is 258 g/mol. The van der Waals surface area contributed by atoms with Crippen LogP contribution < -0.4 is 5.73 Å². The van der Waals surface area contributed by atoms with Gasteiger partial charge in [-0.05, 0) is 56.9 Å². The zero-order valence-electron chi connectivity index (χ0n) is 14.0. The minimum atomic E-state index is -0.436. The van der Waals surface area contributed by atoms with Crippen molar-refractivity contribution in [2.45, 2.75) is 59.5 Å². The first kappa shape index (κ1) is 16.5. The van der Waals surface area contributed by atoms with Crippen molar-refractivity contribution in [3.63, 3.8) is 0 Å². The van der Waals surface area contributed by atoms with Crippen LogP contribution in [0, 0.1) is 31.1 Å². The predicted octanol–water partition coefficient (Wildman–Crippen LogP) is 4.13. The van der Waals surface area contributed by atoms with Crippen LogP contribution in [0.15, 0.2) is 18.2 Å². The number of benzene rings is 1. The van der Waals surface area contributed by atoms with E-state index in [4.69, 9.17) is 5.73 Å². The average molecular weight is 289 g/mol. The van der Waals surface area contributed by atoms with Crippen LogP contribution in [0.4, 0.5) is 0 Å². The quantitative estimate of drug-likeness (QED) is 0.875. The van der Waals surface area contributed by atoms with Crippen LogP contribution in [0.5, 0.6) is 0 Å². The van der Waals surface area contributed by atoms with E-state index in [0.717, 1.165) is 30.2 Å². The Kier molecular flexibility index (Phi) is 5.11. The molecule has 2 heteroatoms. The second-order valence-corrected chi connectivity index (χ2v) is 7.47. The van der Waals surface area contributed by atoms with E-state index >= 15 is 0 Å². The molecule has 0 heterocycles. The van der Waals surface area contributed by atoms with E-state index in [1.807, 2.05) is 0 Å². The van der Waals surface area contributed by atoms with Crippen molar-refractivity contribution in [2.24, 2.45) is 23.0 Å². The van der Waals surface area contributed by atoms with Gasteiger partial charge in [0.15, 0.2) is 0 Å². The Labute approximate surface area is 129 Å². The van der Waals surface area contributed by atoms with Gasteiger partial charge in [-0.3, -0.25) is 0 Å². The summed E-state index contributed by atoms with van der Waals surface area (Å²) in [6.45, 7) is 9.37. The van der Waals surface area contributed by atoms with Gasteiger partial charge < -0.3 is 10.8 Å². The molecule has 21 heavy (non-hydrogen) atoms. The molecule has 0 radical (unpaired) electrons. The number of aliphatic hydroxyl groups is 1. The summed E-state index contributed by atoms with van der Waals surface area (Å²) in [6, 6.07) is 6.38. The molecule has 1 atom stereocenters. The van der Waals surface area contributed by atoms with E-state index in [9.17, 15) is 5.11 Å². The third-order valence-electron chi connectivity index (χ3n) is 5.52. The second kappa shape index (κ2) is 6.50. The van der Waals surface area contributed by atoms with Crippen LogP contribution in [0.1, 0.15) is 62.3 Å². The van der Waals surface area contributed by atoms with Gasteiger partial charge in [0.1, 0.15) is 0 Å². The average Bonchev–Trinajstić information content (AvgIpc) is 2.45. The Bertz CT molecular complexity index is 452. The third kappa shape index (κ3) is 3.49. The molecule has 0 spiro atoms. The maximum absolute atomic E-state index is 11.0. The van der Waals surface area contributed by atoms with Crippen LogP contribution in [0.25, 0.3) is 0 Å². The molecule has 1 unspecified atom stereocenters. The van der Waals surface area contributed by atoms with Crippen molar-refractivity contribution in [2.75, 3.05) is 6.54 Å². The van der Waals surface area contributed by atoms with Crippen molar-refractivity contribution >= 4 is 0 Å². The van der Waals surface area contributed by atoms with Crippen LogP contribution in [0.3, 0.4) is 0 Å². The fourth-order valence-corrected chi connectivity index (χ4v) is 3.99. The lowest BCUT2D eigenvalue weighted by Crippen LogP contribution is -2.41. The maximum atomic E-state index is 11.0. The van der Waals surface area contributed by atoms with Gasteiger partial charge in [-0.1, -0.05) is 43.2 Å². The first-order chi connectivity index (χ1) is 9.88. The van der Waals surface area contributed by atoms with Gasteiger partial charge in [-0.25, -0.2) is 0 Å². The highest BCUT2D eigenvalue weighted by atomic mass is 16.3. The van der Waals surface area contributed by atoms with E-state index in [1.54, 1.807) is 0 Å². The zero-order valence-corrected chi connectivity index (χ0v) is 14.0. The summed E-state index contributed by atoms with van der Waals surface area (Å²) in [5, 5.41) is 11.0. The molecule has 1 aromatic carbocycles. The smallest absolute Gasteiger partial charge is 0.0858 e. The number of aryl methyl sites for hydroxylation is 2. The number of aliphatic hydroxyl groups excluding tert-OH is 1. The third-order valence-corrected chi connectivity index (χ3v) is 5.52. The summed E-state index contributed by atoms with van der Waals surface area (Å²) in [6.07, 6.45) is 4.03. The Hall–Kier alpha value is -0.860. The maximum Gasteiger partial charge on any atom is 0.0858 e. The van der Waals surface area contributed by atoms with E-state index in [1.165, 1.54) is 24.0 Å². The molecule has 3 N–H and O–H groups in total. The van der Waals surface area contributed by atoms with Crippen LogP contribution in [0.2, 0.25) is 0 Å². The molecule has 1 fully saturated rings. The standard InChI is InChI=1S/C19H31NO/c1-13(2)16-5-7-19(12-20,8-6-16)18(21)17-10-14(3)9-15(4)11-17/h9-11,13,16,18,21H,5-8,12,20H2,1-4H3. The number of hydrogen-bond donors (Lipinski definition) is 2. The summed E-state index contributed by atoms with van der Waals surface area (Å²) in [7, 11) is 0. The zero-order chi connectivity index (χ0) is 15.6. The topological polar surface area (TPSA) is 46.2 Å². The molecule has 0 aliphatic heterocycles. The van der Waals surface area contributed by atoms with Crippen LogP contribution >= 0.6 is 0 Å². The number of hydrogen-bond acceptors (Lipinski definition) is 2. The van der Waals surface area contributed by atoms with Crippen LogP contribution in [-0.4, -0.2) is 11.7 Å². The summed E-state index contributed by atoms with van der Waals surface area (Å²) in [5.41, 5.74) is 9.45. The molecule has 0 saturated heterocycles. The predicted molar refractivity (Wildman–Crippen MR) is 89.2 cm³/mol. The van der Waals surface area contributed by atoms with E-state index in [2.05, 4.69) is 45.9 Å². The second-order valence-electron chi connectivity index (χ2n) is 7.47. The van der Waals surface area contributed by atoms with Crippen molar-refractivity contribution in [3.05, 3.63) is 34.9 Å². The monoisotopic (exact) mass is 289 g/mol. The molecule has 0 aromatic heterocycles. The molecule has 1 aliphatic carbocycles. The molecule has 2 rings (SSSR count). The lowest BCUT2D eigenvalue weighted by atomic mass is 9.64. The molecule has 118 valence electrons. The Morgan fingerprint density at radius 2 is 1.67 bits per heavy atom. The molecule has 1 aromatic rings. The molecular formula is C19H31NO. The molecule has 0 bridgehead atoms. The Morgan fingerprint density at radius 3 is 2.10 bits per heavy atom. The van der Waals surface area contributed by atoms with Gasteiger partial charge in [0.05, 0.1) is 6.10 Å². The van der Waals surface area contributed by atoms with Gasteiger partial charge in [0, 0.05) is 12.0 Å². The number of rotatable bonds is 4. The normalized spacial score (nSPS) is 27.9.